The number of nitrogen functional groups attached to an aromatic ring is 1. The number of aryl methyl sites for hydroxylation is 1. The number of carbonyl (C=O) groups excluding carboxylic acids is 1. The van der Waals surface area contributed by atoms with Crippen LogP contribution in [0, 0.1) is 0 Å². The molecule has 0 fully saturated rings. The Kier molecular flexibility index (Phi) is 4.63. The lowest BCUT2D eigenvalue weighted by atomic mass is 9.88. The van der Waals surface area contributed by atoms with Crippen molar-refractivity contribution >= 4 is 11.7 Å². The number of methoxy groups -OCH3 is 1. The number of hydrogen-bond acceptors (Lipinski definition) is 4. The molecule has 1 aliphatic rings. The van der Waals surface area contributed by atoms with Crippen LogP contribution in [0.15, 0.2) is 48.5 Å². The van der Waals surface area contributed by atoms with Gasteiger partial charge in [0.25, 0.3) is 0 Å². The number of anilines is 1. The molecule has 1 aliphatic carbocycles. The number of carbonyl (C=O) groups is 1. The minimum atomic E-state index is -0.689. The van der Waals surface area contributed by atoms with Gasteiger partial charge in [-0.05, 0) is 35.6 Å². The first kappa shape index (κ1) is 15.6. The summed E-state index contributed by atoms with van der Waals surface area (Å²) in [5.74, 6) is -0.346. The number of hydrogen-bond donors (Lipinski definition) is 1. The Labute approximate surface area is 136 Å². The smallest absolute Gasteiger partial charge is 0.340 e. The van der Waals surface area contributed by atoms with Crippen molar-refractivity contribution in [2.45, 2.75) is 31.5 Å². The second-order valence-electron chi connectivity index (χ2n) is 5.81. The molecule has 120 valence electrons. The van der Waals surface area contributed by atoms with Crippen molar-refractivity contribution in [2.75, 3.05) is 12.8 Å². The molecular formula is C19H21NO3. The van der Waals surface area contributed by atoms with Crippen molar-refractivity contribution in [3.8, 4) is 0 Å². The van der Waals surface area contributed by atoms with Gasteiger partial charge in [-0.25, -0.2) is 4.79 Å². The van der Waals surface area contributed by atoms with E-state index in [1.807, 2.05) is 42.5 Å². The van der Waals surface area contributed by atoms with Gasteiger partial charge < -0.3 is 15.2 Å². The average Bonchev–Trinajstić information content (AvgIpc) is 2.57. The summed E-state index contributed by atoms with van der Waals surface area (Å²) in [4.78, 5) is 12.5. The summed E-state index contributed by atoms with van der Waals surface area (Å²) in [5.41, 5.74) is 9.98. The van der Waals surface area contributed by atoms with Gasteiger partial charge in [-0.2, -0.15) is 0 Å². The zero-order chi connectivity index (χ0) is 16.2. The summed E-state index contributed by atoms with van der Waals surface area (Å²) in [6, 6.07) is 15.3. The predicted octanol–water partition coefficient (Wildman–Crippen LogP) is 3.06. The summed E-state index contributed by atoms with van der Waals surface area (Å²) < 4.78 is 11.0. The third-order valence-corrected chi connectivity index (χ3v) is 4.31. The Morgan fingerprint density at radius 3 is 2.70 bits per heavy atom. The monoisotopic (exact) mass is 311 g/mol. The van der Waals surface area contributed by atoms with Gasteiger partial charge in [0.2, 0.25) is 0 Å². The van der Waals surface area contributed by atoms with Crippen LogP contribution < -0.4 is 5.73 Å². The SMILES string of the molecule is CO[C@@H](C(=O)O[C@@H]1CCc2cccc(N)c2C1)c1ccccc1. The molecule has 0 unspecified atom stereocenters. The summed E-state index contributed by atoms with van der Waals surface area (Å²) in [6.45, 7) is 0. The standard InChI is InChI=1S/C19H21NO3/c1-22-18(14-6-3-2-4-7-14)19(21)23-15-11-10-13-8-5-9-17(20)16(13)12-15/h2-9,15,18H,10-12,20H2,1H3/t15-,18-/m1/s1. The van der Waals surface area contributed by atoms with Gasteiger partial charge in [-0.1, -0.05) is 42.5 Å². The Balaban J connectivity index is 1.70. The Hall–Kier alpha value is -2.33. The van der Waals surface area contributed by atoms with E-state index in [9.17, 15) is 4.79 Å². The van der Waals surface area contributed by atoms with Gasteiger partial charge in [0.1, 0.15) is 6.10 Å². The van der Waals surface area contributed by atoms with Crippen molar-refractivity contribution in [3.63, 3.8) is 0 Å². The lowest BCUT2D eigenvalue weighted by Gasteiger charge is -2.27. The summed E-state index contributed by atoms with van der Waals surface area (Å²) in [6.07, 6.45) is 1.51. The third-order valence-electron chi connectivity index (χ3n) is 4.31. The minimum Gasteiger partial charge on any atom is -0.460 e. The number of ether oxygens (including phenoxy) is 2. The molecule has 2 aromatic carbocycles. The molecule has 0 radical (unpaired) electrons. The third kappa shape index (κ3) is 3.37. The summed E-state index contributed by atoms with van der Waals surface area (Å²) in [7, 11) is 1.52. The van der Waals surface area contributed by atoms with Gasteiger partial charge in [0.15, 0.2) is 6.10 Å². The largest absolute Gasteiger partial charge is 0.460 e. The van der Waals surface area contributed by atoms with Crippen molar-refractivity contribution in [2.24, 2.45) is 0 Å². The van der Waals surface area contributed by atoms with Crippen LogP contribution in [0.25, 0.3) is 0 Å². The Bertz CT molecular complexity index is 684. The van der Waals surface area contributed by atoms with E-state index in [1.54, 1.807) is 0 Å². The molecule has 0 aliphatic heterocycles. The first-order chi connectivity index (χ1) is 11.2. The van der Waals surface area contributed by atoms with Crippen LogP contribution in [0.5, 0.6) is 0 Å². The first-order valence-electron chi connectivity index (χ1n) is 7.83. The second kappa shape index (κ2) is 6.84. The fourth-order valence-electron chi connectivity index (χ4n) is 3.11. The predicted molar refractivity (Wildman–Crippen MR) is 89.0 cm³/mol. The fraction of sp³-hybridized carbons (Fsp3) is 0.316. The van der Waals surface area contributed by atoms with Crippen molar-refractivity contribution in [1.29, 1.82) is 0 Å². The lowest BCUT2D eigenvalue weighted by molar-refractivity contribution is -0.162. The van der Waals surface area contributed by atoms with Gasteiger partial charge >= 0.3 is 5.97 Å². The molecule has 2 N–H and O–H groups in total. The zero-order valence-corrected chi connectivity index (χ0v) is 13.2. The number of rotatable bonds is 4. The molecule has 0 amide bonds. The Morgan fingerprint density at radius 2 is 1.96 bits per heavy atom. The maximum atomic E-state index is 12.5. The highest BCUT2D eigenvalue weighted by Crippen LogP contribution is 2.29. The highest BCUT2D eigenvalue weighted by molar-refractivity contribution is 5.76. The molecule has 3 rings (SSSR count). The topological polar surface area (TPSA) is 61.5 Å². The fourth-order valence-corrected chi connectivity index (χ4v) is 3.11. The highest BCUT2D eigenvalue weighted by Gasteiger charge is 2.28. The van der Waals surface area contributed by atoms with Gasteiger partial charge in [-0.3, -0.25) is 0 Å². The molecule has 4 heteroatoms. The van der Waals surface area contributed by atoms with E-state index in [-0.39, 0.29) is 12.1 Å². The van der Waals surface area contributed by atoms with Crippen molar-refractivity contribution < 1.29 is 14.3 Å². The van der Waals surface area contributed by atoms with E-state index >= 15 is 0 Å². The Morgan fingerprint density at radius 1 is 1.17 bits per heavy atom. The molecule has 0 heterocycles. The zero-order valence-electron chi connectivity index (χ0n) is 13.2. The van der Waals surface area contributed by atoms with Crippen LogP contribution in [0.3, 0.4) is 0 Å². The summed E-state index contributed by atoms with van der Waals surface area (Å²) in [5, 5.41) is 0. The van der Waals surface area contributed by atoms with E-state index in [1.165, 1.54) is 12.7 Å². The van der Waals surface area contributed by atoms with Crippen LogP contribution >= 0.6 is 0 Å². The van der Waals surface area contributed by atoms with Gasteiger partial charge in [-0.15, -0.1) is 0 Å². The van der Waals surface area contributed by atoms with E-state index in [0.717, 1.165) is 29.7 Å². The quantitative estimate of drug-likeness (QED) is 0.696. The molecule has 2 aromatic rings. The first-order valence-corrected chi connectivity index (χ1v) is 7.83. The average molecular weight is 311 g/mol. The highest BCUT2D eigenvalue weighted by atomic mass is 16.6. The molecule has 4 nitrogen and oxygen atoms in total. The number of esters is 1. The van der Waals surface area contributed by atoms with Crippen molar-refractivity contribution in [3.05, 3.63) is 65.2 Å². The number of benzene rings is 2. The van der Waals surface area contributed by atoms with Crippen molar-refractivity contribution in [1.82, 2.24) is 0 Å². The molecule has 0 bridgehead atoms. The van der Waals surface area contributed by atoms with Gasteiger partial charge in [0.05, 0.1) is 0 Å². The van der Waals surface area contributed by atoms with E-state index < -0.39 is 6.10 Å². The van der Waals surface area contributed by atoms with E-state index in [2.05, 4.69) is 6.07 Å². The molecular weight excluding hydrogens is 290 g/mol. The maximum Gasteiger partial charge on any atom is 0.340 e. The molecule has 0 spiro atoms. The lowest BCUT2D eigenvalue weighted by Crippen LogP contribution is -2.29. The second-order valence-corrected chi connectivity index (χ2v) is 5.81. The molecule has 0 aromatic heterocycles. The van der Waals surface area contributed by atoms with Gasteiger partial charge in [0, 0.05) is 19.2 Å². The van der Waals surface area contributed by atoms with Crippen LogP contribution in [-0.2, 0) is 27.1 Å². The molecule has 0 saturated carbocycles. The number of nitrogens with two attached hydrogens (primary N) is 1. The van der Waals surface area contributed by atoms with E-state index in [4.69, 9.17) is 15.2 Å². The van der Waals surface area contributed by atoms with Crippen LogP contribution in [0.4, 0.5) is 5.69 Å². The summed E-state index contributed by atoms with van der Waals surface area (Å²) >= 11 is 0. The van der Waals surface area contributed by atoms with Crippen LogP contribution in [-0.4, -0.2) is 19.2 Å². The molecule has 2 atom stereocenters. The minimum absolute atomic E-state index is 0.152. The van der Waals surface area contributed by atoms with E-state index in [0.29, 0.717) is 6.42 Å². The maximum absolute atomic E-state index is 12.5. The molecule has 0 saturated heterocycles. The van der Waals surface area contributed by atoms with Crippen LogP contribution in [0.2, 0.25) is 0 Å². The molecule has 23 heavy (non-hydrogen) atoms. The number of fused-ring (bicyclic) bond motifs is 1. The van der Waals surface area contributed by atoms with Crippen LogP contribution in [0.1, 0.15) is 29.2 Å². The normalized spacial score (nSPS) is 18.0.